The number of benzene rings is 3. The van der Waals surface area contributed by atoms with E-state index in [2.05, 4.69) is 5.32 Å². The number of hydrogen-bond acceptors (Lipinski definition) is 7. The van der Waals surface area contributed by atoms with Gasteiger partial charge >= 0.3 is 5.97 Å². The van der Waals surface area contributed by atoms with Crippen LogP contribution in [-0.2, 0) is 14.3 Å². The van der Waals surface area contributed by atoms with Crippen molar-refractivity contribution in [3.63, 3.8) is 0 Å². The van der Waals surface area contributed by atoms with Gasteiger partial charge in [0.1, 0.15) is 5.56 Å². The molecule has 9 nitrogen and oxygen atoms in total. The number of rotatable bonds is 7. The Morgan fingerprint density at radius 1 is 0.971 bits per heavy atom. The third kappa shape index (κ3) is 5.38. The summed E-state index contributed by atoms with van der Waals surface area (Å²) in [6, 6.07) is 21.6. The number of nitro groups is 1. The van der Waals surface area contributed by atoms with Crippen molar-refractivity contribution >= 4 is 28.9 Å². The Balaban J connectivity index is 1.64. The van der Waals surface area contributed by atoms with Crippen molar-refractivity contribution in [1.82, 2.24) is 0 Å². The first-order valence-electron chi connectivity index (χ1n) is 10.8. The molecule has 174 valence electrons. The summed E-state index contributed by atoms with van der Waals surface area (Å²) in [5, 5.41) is 14.4. The quantitative estimate of drug-likeness (QED) is 0.322. The van der Waals surface area contributed by atoms with Gasteiger partial charge in [0.25, 0.3) is 11.6 Å². The van der Waals surface area contributed by atoms with E-state index in [1.807, 2.05) is 11.0 Å². The third-order valence-corrected chi connectivity index (χ3v) is 5.38. The average molecular weight is 461 g/mol. The average Bonchev–Trinajstić information content (AvgIpc) is 2.88. The predicted octanol–water partition coefficient (Wildman–Crippen LogP) is 3.97. The Morgan fingerprint density at radius 2 is 1.62 bits per heavy atom. The lowest BCUT2D eigenvalue weighted by atomic mass is 10.1. The van der Waals surface area contributed by atoms with Crippen molar-refractivity contribution < 1.29 is 24.0 Å². The van der Waals surface area contributed by atoms with Crippen molar-refractivity contribution in [2.24, 2.45) is 0 Å². The van der Waals surface area contributed by atoms with Crippen LogP contribution in [0.25, 0.3) is 0 Å². The molecule has 0 aliphatic carbocycles. The largest absolute Gasteiger partial charge is 0.443 e. The zero-order valence-corrected chi connectivity index (χ0v) is 18.3. The lowest BCUT2D eigenvalue weighted by Crippen LogP contribution is -2.36. The van der Waals surface area contributed by atoms with Crippen LogP contribution in [0.15, 0.2) is 78.9 Å². The maximum absolute atomic E-state index is 13.2. The molecule has 1 amide bonds. The van der Waals surface area contributed by atoms with E-state index >= 15 is 0 Å². The fourth-order valence-corrected chi connectivity index (χ4v) is 3.67. The molecule has 0 saturated carbocycles. The van der Waals surface area contributed by atoms with E-state index < -0.39 is 28.6 Å². The standard InChI is InChI=1S/C25H23N3O6/c29-24(26-19-9-5-2-6-10-19)23(18-7-3-1-4-8-18)34-25(30)21-17-20(11-12-22(21)28(31)32)27-13-15-33-16-14-27/h1-12,17,23H,13-16H2,(H,26,29)/t23-/m1/s1. The molecule has 0 unspecified atom stereocenters. The molecular weight excluding hydrogens is 438 g/mol. The van der Waals surface area contributed by atoms with Crippen molar-refractivity contribution in [3.8, 4) is 0 Å². The van der Waals surface area contributed by atoms with E-state index in [0.29, 0.717) is 43.2 Å². The lowest BCUT2D eigenvalue weighted by molar-refractivity contribution is -0.385. The molecule has 34 heavy (non-hydrogen) atoms. The number of carbonyl (C=O) groups is 2. The summed E-state index contributed by atoms with van der Waals surface area (Å²) in [5.74, 6) is -1.53. The zero-order valence-electron chi connectivity index (χ0n) is 18.3. The van der Waals surface area contributed by atoms with Gasteiger partial charge in [0, 0.05) is 36.1 Å². The summed E-state index contributed by atoms with van der Waals surface area (Å²) in [6.07, 6.45) is -1.31. The molecule has 0 aromatic heterocycles. The molecule has 0 bridgehead atoms. The van der Waals surface area contributed by atoms with E-state index in [1.165, 1.54) is 12.1 Å². The number of carbonyl (C=O) groups excluding carboxylic acids is 2. The van der Waals surface area contributed by atoms with Gasteiger partial charge in [-0.2, -0.15) is 0 Å². The SMILES string of the molecule is O=C(O[C@@H](C(=O)Nc1ccccc1)c1ccccc1)c1cc(N2CCOCC2)ccc1[N+](=O)[O-]. The molecule has 0 spiro atoms. The molecule has 1 heterocycles. The van der Waals surface area contributed by atoms with Crippen LogP contribution in [0.3, 0.4) is 0 Å². The van der Waals surface area contributed by atoms with E-state index in [-0.39, 0.29) is 5.56 Å². The second kappa shape index (κ2) is 10.6. The van der Waals surface area contributed by atoms with Crippen molar-refractivity contribution in [1.29, 1.82) is 0 Å². The van der Waals surface area contributed by atoms with E-state index in [1.54, 1.807) is 60.7 Å². The van der Waals surface area contributed by atoms with Crippen molar-refractivity contribution in [2.45, 2.75) is 6.10 Å². The maximum Gasteiger partial charge on any atom is 0.346 e. The molecule has 1 atom stereocenters. The summed E-state index contributed by atoms with van der Waals surface area (Å²) >= 11 is 0. The summed E-state index contributed by atoms with van der Waals surface area (Å²) in [6.45, 7) is 2.23. The van der Waals surface area contributed by atoms with Crippen LogP contribution in [-0.4, -0.2) is 43.1 Å². The summed E-state index contributed by atoms with van der Waals surface area (Å²) in [5.41, 5.74) is 1.01. The summed E-state index contributed by atoms with van der Waals surface area (Å²) < 4.78 is 10.9. The van der Waals surface area contributed by atoms with Crippen LogP contribution in [0, 0.1) is 10.1 Å². The number of anilines is 2. The molecule has 9 heteroatoms. The van der Waals surface area contributed by atoms with Crippen LogP contribution in [0.5, 0.6) is 0 Å². The van der Waals surface area contributed by atoms with Crippen LogP contribution < -0.4 is 10.2 Å². The molecule has 3 aromatic carbocycles. The number of morpholine rings is 1. The minimum Gasteiger partial charge on any atom is -0.443 e. The second-order valence-electron chi connectivity index (χ2n) is 7.61. The van der Waals surface area contributed by atoms with Gasteiger partial charge in [-0.1, -0.05) is 48.5 Å². The normalized spacial score (nSPS) is 14.2. The molecule has 1 fully saturated rings. The fourth-order valence-electron chi connectivity index (χ4n) is 3.67. The molecule has 1 aliphatic heterocycles. The van der Waals surface area contributed by atoms with Crippen LogP contribution in [0.1, 0.15) is 22.0 Å². The van der Waals surface area contributed by atoms with Gasteiger partial charge in [0.05, 0.1) is 18.1 Å². The van der Waals surface area contributed by atoms with Crippen LogP contribution in [0.4, 0.5) is 17.1 Å². The zero-order chi connectivity index (χ0) is 23.9. The highest BCUT2D eigenvalue weighted by molar-refractivity contribution is 6.00. The summed E-state index contributed by atoms with van der Waals surface area (Å²) in [7, 11) is 0. The van der Waals surface area contributed by atoms with Gasteiger partial charge in [0.2, 0.25) is 6.10 Å². The predicted molar refractivity (Wildman–Crippen MR) is 126 cm³/mol. The number of ether oxygens (including phenoxy) is 2. The number of nitro benzene ring substituents is 1. The van der Waals surface area contributed by atoms with E-state index in [9.17, 15) is 19.7 Å². The second-order valence-corrected chi connectivity index (χ2v) is 7.61. The number of para-hydroxylation sites is 1. The number of esters is 1. The van der Waals surface area contributed by atoms with Gasteiger partial charge in [-0.05, 0) is 24.3 Å². The first kappa shape index (κ1) is 22.9. The third-order valence-electron chi connectivity index (χ3n) is 5.38. The highest BCUT2D eigenvalue weighted by atomic mass is 16.6. The first-order chi connectivity index (χ1) is 16.5. The molecule has 1 N–H and O–H groups in total. The molecule has 4 rings (SSSR count). The number of nitrogens with zero attached hydrogens (tertiary/aromatic N) is 2. The Morgan fingerprint density at radius 3 is 2.26 bits per heavy atom. The molecule has 1 aliphatic rings. The highest BCUT2D eigenvalue weighted by Crippen LogP contribution is 2.29. The van der Waals surface area contributed by atoms with E-state index in [0.717, 1.165) is 0 Å². The van der Waals surface area contributed by atoms with Crippen LogP contribution >= 0.6 is 0 Å². The Bertz CT molecular complexity index is 1160. The molecule has 0 radical (unpaired) electrons. The minimum absolute atomic E-state index is 0.220. The maximum atomic E-state index is 13.2. The molecule has 1 saturated heterocycles. The van der Waals surface area contributed by atoms with Gasteiger partial charge in [-0.25, -0.2) is 4.79 Å². The Kier molecular flexibility index (Phi) is 7.14. The summed E-state index contributed by atoms with van der Waals surface area (Å²) in [4.78, 5) is 39.2. The van der Waals surface area contributed by atoms with Gasteiger partial charge in [-0.3, -0.25) is 14.9 Å². The topological polar surface area (TPSA) is 111 Å². The Labute approximate surface area is 196 Å². The van der Waals surface area contributed by atoms with Gasteiger partial charge < -0.3 is 19.7 Å². The Hall–Kier alpha value is -4.24. The molecular formula is C25H23N3O6. The number of amides is 1. The fraction of sp³-hybridized carbons (Fsp3) is 0.200. The van der Waals surface area contributed by atoms with E-state index in [4.69, 9.17) is 9.47 Å². The van der Waals surface area contributed by atoms with Crippen molar-refractivity contribution in [2.75, 3.05) is 36.5 Å². The lowest BCUT2D eigenvalue weighted by Gasteiger charge is -2.29. The highest BCUT2D eigenvalue weighted by Gasteiger charge is 2.30. The molecule has 3 aromatic rings. The first-order valence-corrected chi connectivity index (χ1v) is 10.8. The van der Waals surface area contributed by atoms with Gasteiger partial charge in [-0.15, -0.1) is 0 Å². The van der Waals surface area contributed by atoms with Crippen LogP contribution in [0.2, 0.25) is 0 Å². The van der Waals surface area contributed by atoms with Gasteiger partial charge in [0.15, 0.2) is 0 Å². The van der Waals surface area contributed by atoms with Crippen molar-refractivity contribution in [3.05, 3.63) is 100 Å². The minimum atomic E-state index is -1.31. The number of nitrogens with one attached hydrogen (secondary N) is 1. The number of hydrogen-bond donors (Lipinski definition) is 1. The smallest absolute Gasteiger partial charge is 0.346 e. The monoisotopic (exact) mass is 461 g/mol.